The maximum absolute atomic E-state index is 2.38. The molecule has 2 aromatic rings. The lowest BCUT2D eigenvalue weighted by Gasteiger charge is -2.28. The summed E-state index contributed by atoms with van der Waals surface area (Å²) in [7, 11) is 2.18. The minimum Gasteiger partial charge on any atom is -0.286 e. The van der Waals surface area contributed by atoms with Crippen LogP contribution in [0.3, 0.4) is 0 Å². The smallest absolute Gasteiger partial charge is 0.0606 e. The molecule has 0 radical (unpaired) electrons. The zero-order valence-corrected chi connectivity index (χ0v) is 11.7. The first-order chi connectivity index (χ1) is 8.83. The molecule has 94 valence electrons. The Morgan fingerprint density at radius 1 is 0.889 bits per heavy atom. The van der Waals surface area contributed by atoms with Gasteiger partial charge in [-0.25, -0.2) is 0 Å². The van der Waals surface area contributed by atoms with Crippen molar-refractivity contribution in [2.24, 2.45) is 0 Å². The van der Waals surface area contributed by atoms with E-state index in [4.69, 9.17) is 0 Å². The third-order valence-electron chi connectivity index (χ3n) is 3.00. The normalized spacial score (nSPS) is 11.1. The molecule has 18 heavy (non-hydrogen) atoms. The summed E-state index contributed by atoms with van der Waals surface area (Å²) in [5, 5.41) is 0. The number of hydrogen-bond donors (Lipinski definition) is 0. The van der Waals surface area contributed by atoms with Crippen LogP contribution in [0, 0.1) is 0 Å². The van der Waals surface area contributed by atoms with Gasteiger partial charge in [-0.3, -0.25) is 4.90 Å². The van der Waals surface area contributed by atoms with Gasteiger partial charge in [-0.2, -0.15) is 0 Å². The monoisotopic (exact) mass is 257 g/mol. The molecule has 0 spiro atoms. The van der Waals surface area contributed by atoms with Crippen LogP contribution in [0.15, 0.2) is 60.7 Å². The van der Waals surface area contributed by atoms with Crippen molar-refractivity contribution in [1.82, 2.24) is 4.90 Å². The third kappa shape index (κ3) is 3.15. The topological polar surface area (TPSA) is 3.24 Å². The summed E-state index contributed by atoms with van der Waals surface area (Å²) in [6.45, 7) is 0. The van der Waals surface area contributed by atoms with Crippen LogP contribution in [0.4, 0.5) is 0 Å². The molecule has 0 fully saturated rings. The van der Waals surface area contributed by atoms with Gasteiger partial charge in [0.2, 0.25) is 0 Å². The Morgan fingerprint density at radius 2 is 1.33 bits per heavy atom. The average Bonchev–Trinajstić information content (AvgIpc) is 2.42. The molecule has 0 heterocycles. The Morgan fingerprint density at radius 3 is 1.72 bits per heavy atom. The quantitative estimate of drug-likeness (QED) is 0.744. The van der Waals surface area contributed by atoms with E-state index in [-0.39, 0.29) is 0 Å². The van der Waals surface area contributed by atoms with E-state index in [9.17, 15) is 0 Å². The fourth-order valence-corrected chi connectivity index (χ4v) is 2.81. The van der Waals surface area contributed by atoms with Crippen molar-refractivity contribution in [1.29, 1.82) is 0 Å². The Labute approximate surface area is 114 Å². The van der Waals surface area contributed by atoms with E-state index in [2.05, 4.69) is 78.9 Å². The summed E-state index contributed by atoms with van der Waals surface area (Å²) in [6.07, 6.45) is 2.14. The van der Waals surface area contributed by atoms with Gasteiger partial charge in [-0.05, 0) is 24.4 Å². The first-order valence-electron chi connectivity index (χ1n) is 6.12. The maximum Gasteiger partial charge on any atom is 0.0606 e. The van der Waals surface area contributed by atoms with Crippen LogP contribution in [0.1, 0.15) is 17.2 Å². The van der Waals surface area contributed by atoms with Crippen molar-refractivity contribution in [3.8, 4) is 0 Å². The van der Waals surface area contributed by atoms with Gasteiger partial charge in [0.05, 0.1) is 6.04 Å². The average molecular weight is 257 g/mol. The van der Waals surface area contributed by atoms with E-state index in [1.54, 1.807) is 0 Å². The summed E-state index contributed by atoms with van der Waals surface area (Å²) in [4.78, 5) is 2.38. The van der Waals surface area contributed by atoms with Crippen LogP contribution in [0.5, 0.6) is 0 Å². The van der Waals surface area contributed by atoms with Crippen molar-refractivity contribution in [3.05, 3.63) is 71.8 Å². The van der Waals surface area contributed by atoms with Crippen molar-refractivity contribution in [3.63, 3.8) is 0 Å². The molecule has 2 aromatic carbocycles. The molecule has 0 saturated carbocycles. The Bertz CT molecular complexity index is 416. The van der Waals surface area contributed by atoms with Gasteiger partial charge >= 0.3 is 0 Å². The van der Waals surface area contributed by atoms with Gasteiger partial charge in [0, 0.05) is 5.88 Å². The van der Waals surface area contributed by atoms with E-state index in [0.717, 1.165) is 5.88 Å². The molecule has 0 aliphatic rings. The maximum atomic E-state index is 2.38. The summed E-state index contributed by atoms with van der Waals surface area (Å²) in [5.74, 6) is 1.02. The fraction of sp³-hybridized carbons (Fsp3) is 0.250. The van der Waals surface area contributed by atoms with E-state index in [1.165, 1.54) is 11.1 Å². The second-order valence-corrected chi connectivity index (χ2v) is 5.23. The highest BCUT2D eigenvalue weighted by Crippen LogP contribution is 2.28. The summed E-state index contributed by atoms with van der Waals surface area (Å²) in [5.41, 5.74) is 2.69. The predicted octanol–water partition coefficient (Wildman–Crippen LogP) is 4.03. The molecule has 0 aromatic heterocycles. The Balaban J connectivity index is 2.35. The van der Waals surface area contributed by atoms with Gasteiger partial charge in [-0.15, -0.1) is 11.8 Å². The molecule has 0 aliphatic heterocycles. The Kier molecular flexibility index (Phi) is 4.85. The highest BCUT2D eigenvalue weighted by molar-refractivity contribution is 7.98. The van der Waals surface area contributed by atoms with Gasteiger partial charge in [-0.1, -0.05) is 60.7 Å². The van der Waals surface area contributed by atoms with Crippen LogP contribution < -0.4 is 0 Å². The fourth-order valence-electron chi connectivity index (χ4n) is 2.25. The minimum absolute atomic E-state index is 0.333. The molecule has 2 rings (SSSR count). The molecule has 0 unspecified atom stereocenters. The summed E-state index contributed by atoms with van der Waals surface area (Å²) >= 11 is 1.85. The number of benzene rings is 2. The van der Waals surface area contributed by atoms with Crippen LogP contribution in [0.25, 0.3) is 0 Å². The van der Waals surface area contributed by atoms with Crippen LogP contribution in [-0.2, 0) is 0 Å². The van der Waals surface area contributed by atoms with E-state index >= 15 is 0 Å². The van der Waals surface area contributed by atoms with Crippen LogP contribution in [-0.4, -0.2) is 24.1 Å². The van der Waals surface area contributed by atoms with Gasteiger partial charge in [0.15, 0.2) is 0 Å². The lowest BCUT2D eigenvalue weighted by molar-refractivity contribution is 0.328. The number of rotatable bonds is 5. The standard InChI is InChI=1S/C16H19NS/c1-17(13-18-2)16(14-9-5-3-6-10-14)15-11-7-4-8-12-15/h3-12,16H,13H2,1-2H3. The second-order valence-electron chi connectivity index (χ2n) is 4.40. The number of nitrogens with zero attached hydrogens (tertiary/aromatic N) is 1. The molecule has 0 bridgehead atoms. The van der Waals surface area contributed by atoms with Gasteiger partial charge < -0.3 is 0 Å². The molecule has 0 aliphatic carbocycles. The largest absolute Gasteiger partial charge is 0.286 e. The van der Waals surface area contributed by atoms with Crippen LogP contribution >= 0.6 is 11.8 Å². The van der Waals surface area contributed by atoms with E-state index < -0.39 is 0 Å². The lowest BCUT2D eigenvalue weighted by atomic mass is 9.98. The van der Waals surface area contributed by atoms with Crippen molar-refractivity contribution < 1.29 is 0 Å². The predicted molar refractivity (Wildman–Crippen MR) is 80.9 cm³/mol. The zero-order chi connectivity index (χ0) is 12.8. The van der Waals surface area contributed by atoms with E-state index in [1.807, 2.05) is 11.8 Å². The summed E-state index contributed by atoms with van der Waals surface area (Å²) < 4.78 is 0. The zero-order valence-electron chi connectivity index (χ0n) is 10.9. The third-order valence-corrected chi connectivity index (χ3v) is 3.67. The highest BCUT2D eigenvalue weighted by Gasteiger charge is 2.18. The molecular weight excluding hydrogens is 238 g/mol. The summed E-state index contributed by atoms with van der Waals surface area (Å²) in [6, 6.07) is 21.7. The molecule has 1 nitrogen and oxygen atoms in total. The number of thioether (sulfide) groups is 1. The molecule has 0 N–H and O–H groups in total. The van der Waals surface area contributed by atoms with Gasteiger partial charge in [0.25, 0.3) is 0 Å². The van der Waals surface area contributed by atoms with Crippen molar-refractivity contribution in [2.45, 2.75) is 6.04 Å². The first kappa shape index (κ1) is 13.2. The van der Waals surface area contributed by atoms with Crippen molar-refractivity contribution >= 4 is 11.8 Å². The van der Waals surface area contributed by atoms with Gasteiger partial charge in [0.1, 0.15) is 0 Å². The number of hydrogen-bond acceptors (Lipinski definition) is 2. The minimum atomic E-state index is 0.333. The highest BCUT2D eigenvalue weighted by atomic mass is 32.2. The molecular formula is C16H19NS. The lowest BCUT2D eigenvalue weighted by Crippen LogP contribution is -2.25. The second kappa shape index (κ2) is 6.62. The SMILES string of the molecule is CSCN(C)C(c1ccccc1)c1ccccc1. The Hall–Kier alpha value is -1.25. The molecule has 0 saturated heterocycles. The molecule has 2 heteroatoms. The molecule has 0 amide bonds. The van der Waals surface area contributed by atoms with E-state index in [0.29, 0.717) is 6.04 Å². The van der Waals surface area contributed by atoms with Crippen molar-refractivity contribution in [2.75, 3.05) is 19.2 Å². The molecule has 0 atom stereocenters. The van der Waals surface area contributed by atoms with Crippen LogP contribution in [0.2, 0.25) is 0 Å². The first-order valence-corrected chi connectivity index (χ1v) is 7.51.